The van der Waals surface area contributed by atoms with Crippen molar-refractivity contribution in [2.75, 3.05) is 0 Å². The molecule has 0 amide bonds. The van der Waals surface area contributed by atoms with Gasteiger partial charge in [0.25, 0.3) is 5.56 Å². The van der Waals surface area contributed by atoms with E-state index in [9.17, 15) is 4.79 Å². The zero-order valence-corrected chi connectivity index (χ0v) is 15.6. The third-order valence-electron chi connectivity index (χ3n) is 4.52. The summed E-state index contributed by atoms with van der Waals surface area (Å²) in [6.07, 6.45) is 1.57. The van der Waals surface area contributed by atoms with E-state index in [1.807, 2.05) is 72.8 Å². The Morgan fingerprint density at radius 2 is 1.64 bits per heavy atom. The topological polar surface area (TPSA) is 60.9 Å². The lowest BCUT2D eigenvalue weighted by Crippen LogP contribution is -2.19. The van der Waals surface area contributed by atoms with E-state index >= 15 is 0 Å². The van der Waals surface area contributed by atoms with Gasteiger partial charge in [-0.15, -0.1) is 11.3 Å². The zero-order valence-electron chi connectivity index (χ0n) is 14.8. The molecule has 5 rings (SSSR count). The highest BCUT2D eigenvalue weighted by Gasteiger charge is 2.13. The SMILES string of the molecule is O=c1c2sc(-c3ccccc3)cc2ncn1Cc1cc(-c2ccccc2)no1. The van der Waals surface area contributed by atoms with Gasteiger partial charge in [-0.1, -0.05) is 65.8 Å². The molecule has 0 spiro atoms. The Hall–Kier alpha value is -3.51. The first-order valence-electron chi connectivity index (χ1n) is 8.83. The van der Waals surface area contributed by atoms with Gasteiger partial charge in [-0.05, 0) is 11.6 Å². The summed E-state index contributed by atoms with van der Waals surface area (Å²) in [7, 11) is 0. The Kier molecular flexibility index (Phi) is 4.10. The first-order chi connectivity index (χ1) is 13.8. The second-order valence-electron chi connectivity index (χ2n) is 6.41. The van der Waals surface area contributed by atoms with Crippen LogP contribution in [0.2, 0.25) is 0 Å². The molecule has 6 heteroatoms. The predicted octanol–water partition coefficient (Wildman–Crippen LogP) is 4.83. The summed E-state index contributed by atoms with van der Waals surface area (Å²) < 4.78 is 7.63. The van der Waals surface area contributed by atoms with Gasteiger partial charge < -0.3 is 4.52 Å². The van der Waals surface area contributed by atoms with Crippen LogP contribution in [0.1, 0.15) is 5.76 Å². The minimum absolute atomic E-state index is 0.0742. The first-order valence-corrected chi connectivity index (χ1v) is 9.65. The molecule has 0 radical (unpaired) electrons. The van der Waals surface area contributed by atoms with Gasteiger partial charge in [0, 0.05) is 16.5 Å². The fourth-order valence-electron chi connectivity index (χ4n) is 3.10. The smallest absolute Gasteiger partial charge is 0.271 e. The molecule has 5 aromatic rings. The fourth-order valence-corrected chi connectivity index (χ4v) is 4.17. The Labute approximate surface area is 164 Å². The van der Waals surface area contributed by atoms with Crippen LogP contribution in [0.4, 0.5) is 0 Å². The van der Waals surface area contributed by atoms with Crippen LogP contribution in [0.5, 0.6) is 0 Å². The summed E-state index contributed by atoms with van der Waals surface area (Å²) in [6.45, 7) is 0.292. The van der Waals surface area contributed by atoms with Crippen molar-refractivity contribution >= 4 is 21.6 Å². The summed E-state index contributed by atoms with van der Waals surface area (Å²) in [5, 5.41) is 4.11. The number of nitrogens with zero attached hydrogens (tertiary/aromatic N) is 3. The molecule has 136 valence electrons. The second-order valence-corrected chi connectivity index (χ2v) is 7.47. The Morgan fingerprint density at radius 1 is 0.929 bits per heavy atom. The third kappa shape index (κ3) is 3.04. The van der Waals surface area contributed by atoms with Crippen molar-refractivity contribution in [3.8, 4) is 21.7 Å². The maximum Gasteiger partial charge on any atom is 0.271 e. The van der Waals surface area contributed by atoms with Crippen LogP contribution in [0.3, 0.4) is 0 Å². The summed E-state index contributed by atoms with van der Waals surface area (Å²) in [6, 6.07) is 23.6. The molecule has 5 nitrogen and oxygen atoms in total. The number of thiophene rings is 1. The number of hydrogen-bond donors (Lipinski definition) is 0. The quantitative estimate of drug-likeness (QED) is 0.445. The molecular formula is C22H15N3O2S. The molecule has 0 N–H and O–H groups in total. The average molecular weight is 385 g/mol. The zero-order chi connectivity index (χ0) is 18.9. The Morgan fingerprint density at radius 3 is 2.39 bits per heavy atom. The first kappa shape index (κ1) is 16.6. The molecule has 2 aromatic carbocycles. The van der Waals surface area contributed by atoms with Crippen molar-refractivity contribution in [3.63, 3.8) is 0 Å². The van der Waals surface area contributed by atoms with Crippen LogP contribution in [0.25, 0.3) is 31.9 Å². The predicted molar refractivity (Wildman–Crippen MR) is 110 cm³/mol. The molecule has 0 aliphatic carbocycles. The number of benzene rings is 2. The van der Waals surface area contributed by atoms with E-state index in [4.69, 9.17) is 4.52 Å². The van der Waals surface area contributed by atoms with Crippen molar-refractivity contribution in [2.24, 2.45) is 0 Å². The van der Waals surface area contributed by atoms with Crippen LogP contribution >= 0.6 is 11.3 Å². The lowest BCUT2D eigenvalue weighted by Gasteiger charge is -2.01. The van der Waals surface area contributed by atoms with E-state index in [0.717, 1.165) is 21.7 Å². The molecule has 0 saturated carbocycles. The van der Waals surface area contributed by atoms with E-state index < -0.39 is 0 Å². The van der Waals surface area contributed by atoms with Crippen LogP contribution in [-0.4, -0.2) is 14.7 Å². The van der Waals surface area contributed by atoms with Crippen LogP contribution in [-0.2, 0) is 6.54 Å². The highest BCUT2D eigenvalue weighted by molar-refractivity contribution is 7.22. The standard InChI is InChI=1S/C22H15N3O2S/c26-22-21-19(12-20(28-21)16-9-5-2-6-10-16)23-14-25(22)13-17-11-18(24-27-17)15-7-3-1-4-8-15/h1-12,14H,13H2. The lowest BCUT2D eigenvalue weighted by atomic mass is 10.1. The molecule has 0 atom stereocenters. The van der Waals surface area contributed by atoms with E-state index in [1.165, 1.54) is 11.3 Å². The molecule has 3 aromatic heterocycles. The van der Waals surface area contributed by atoms with Crippen LogP contribution in [0.15, 0.2) is 88.4 Å². The molecule has 0 bridgehead atoms. The lowest BCUT2D eigenvalue weighted by molar-refractivity contribution is 0.376. The van der Waals surface area contributed by atoms with E-state index in [0.29, 0.717) is 22.5 Å². The van der Waals surface area contributed by atoms with Gasteiger partial charge in [0.15, 0.2) is 5.76 Å². The summed E-state index contributed by atoms with van der Waals surface area (Å²) in [4.78, 5) is 18.4. The summed E-state index contributed by atoms with van der Waals surface area (Å²) >= 11 is 1.46. The molecular weight excluding hydrogens is 370 g/mol. The van der Waals surface area contributed by atoms with Gasteiger partial charge in [-0.2, -0.15) is 0 Å². The molecule has 0 fully saturated rings. The number of fused-ring (bicyclic) bond motifs is 1. The maximum atomic E-state index is 12.9. The second kappa shape index (κ2) is 6.90. The van der Waals surface area contributed by atoms with E-state index in [2.05, 4.69) is 10.1 Å². The molecule has 0 saturated heterocycles. The molecule has 28 heavy (non-hydrogen) atoms. The van der Waals surface area contributed by atoms with Gasteiger partial charge in [-0.3, -0.25) is 9.36 Å². The van der Waals surface area contributed by atoms with E-state index in [-0.39, 0.29) is 5.56 Å². The van der Waals surface area contributed by atoms with Crippen molar-refractivity contribution < 1.29 is 4.52 Å². The van der Waals surface area contributed by atoms with Gasteiger partial charge in [0.1, 0.15) is 10.4 Å². The van der Waals surface area contributed by atoms with Crippen LogP contribution in [0, 0.1) is 0 Å². The molecule has 0 aliphatic heterocycles. The third-order valence-corrected chi connectivity index (χ3v) is 5.68. The monoisotopic (exact) mass is 385 g/mol. The van der Waals surface area contributed by atoms with Crippen molar-refractivity contribution in [1.29, 1.82) is 0 Å². The molecule has 0 unspecified atom stereocenters. The number of hydrogen-bond acceptors (Lipinski definition) is 5. The largest absolute Gasteiger partial charge is 0.359 e. The minimum atomic E-state index is -0.0742. The summed E-state index contributed by atoms with van der Waals surface area (Å²) in [5.74, 6) is 0.613. The van der Waals surface area contributed by atoms with Crippen molar-refractivity contribution in [1.82, 2.24) is 14.7 Å². The number of rotatable bonds is 4. The normalized spacial score (nSPS) is 11.1. The van der Waals surface area contributed by atoms with Crippen LogP contribution < -0.4 is 5.56 Å². The van der Waals surface area contributed by atoms with E-state index in [1.54, 1.807) is 10.9 Å². The van der Waals surface area contributed by atoms with Crippen molar-refractivity contribution in [2.45, 2.75) is 6.54 Å². The van der Waals surface area contributed by atoms with Gasteiger partial charge >= 0.3 is 0 Å². The minimum Gasteiger partial charge on any atom is -0.359 e. The highest BCUT2D eigenvalue weighted by atomic mass is 32.1. The fraction of sp³-hybridized carbons (Fsp3) is 0.0455. The number of aromatic nitrogens is 3. The highest BCUT2D eigenvalue weighted by Crippen LogP contribution is 2.30. The van der Waals surface area contributed by atoms with Gasteiger partial charge in [0.05, 0.1) is 18.4 Å². The molecule has 3 heterocycles. The average Bonchev–Trinajstić information content (AvgIpc) is 3.39. The Bertz CT molecular complexity index is 1300. The van der Waals surface area contributed by atoms with Gasteiger partial charge in [0.2, 0.25) is 0 Å². The van der Waals surface area contributed by atoms with Gasteiger partial charge in [-0.25, -0.2) is 4.98 Å². The summed E-state index contributed by atoms with van der Waals surface area (Å²) in [5.41, 5.74) is 3.45. The Balaban J connectivity index is 1.48. The maximum absolute atomic E-state index is 12.9. The van der Waals surface area contributed by atoms with Crippen molar-refractivity contribution in [3.05, 3.63) is 95.2 Å². The molecule has 0 aliphatic rings.